The number of hydrogen-bond acceptors (Lipinski definition) is 6. The van der Waals surface area contributed by atoms with E-state index in [9.17, 15) is 4.79 Å². The zero-order valence-electron chi connectivity index (χ0n) is 16.8. The maximum atomic E-state index is 11.3. The SMILES string of the molecule is CCOC(=O)C=Cc1cnc(N[C@@H]2CCN(Cc3cccc(C)c3C)C2)cn1. The Morgan fingerprint density at radius 2 is 2.18 bits per heavy atom. The van der Waals surface area contributed by atoms with E-state index in [1.54, 1.807) is 25.4 Å². The Bertz CT molecular complexity index is 833. The number of nitrogens with zero attached hydrogens (tertiary/aromatic N) is 3. The van der Waals surface area contributed by atoms with E-state index in [2.05, 4.69) is 52.2 Å². The van der Waals surface area contributed by atoms with Crippen molar-refractivity contribution in [2.75, 3.05) is 25.0 Å². The molecule has 1 aromatic carbocycles. The maximum absolute atomic E-state index is 11.3. The summed E-state index contributed by atoms with van der Waals surface area (Å²) >= 11 is 0. The van der Waals surface area contributed by atoms with Gasteiger partial charge in [-0.15, -0.1) is 0 Å². The summed E-state index contributed by atoms with van der Waals surface area (Å²) in [5, 5.41) is 3.46. The number of esters is 1. The Balaban J connectivity index is 1.51. The summed E-state index contributed by atoms with van der Waals surface area (Å²) in [5.41, 5.74) is 4.76. The van der Waals surface area contributed by atoms with E-state index < -0.39 is 0 Å². The van der Waals surface area contributed by atoms with Crippen LogP contribution in [0.1, 0.15) is 35.7 Å². The van der Waals surface area contributed by atoms with Crippen LogP contribution in [0.3, 0.4) is 0 Å². The van der Waals surface area contributed by atoms with E-state index in [-0.39, 0.29) is 5.97 Å². The molecule has 1 atom stereocenters. The van der Waals surface area contributed by atoms with E-state index >= 15 is 0 Å². The van der Waals surface area contributed by atoms with Gasteiger partial charge in [0, 0.05) is 31.8 Å². The second-order valence-corrected chi connectivity index (χ2v) is 7.14. The van der Waals surface area contributed by atoms with E-state index in [0.29, 0.717) is 18.3 Å². The van der Waals surface area contributed by atoms with Crippen LogP contribution in [-0.4, -0.2) is 46.6 Å². The Morgan fingerprint density at radius 1 is 1.32 bits per heavy atom. The molecule has 0 amide bonds. The maximum Gasteiger partial charge on any atom is 0.330 e. The molecule has 1 aliphatic heterocycles. The summed E-state index contributed by atoms with van der Waals surface area (Å²) in [7, 11) is 0. The lowest BCUT2D eigenvalue weighted by molar-refractivity contribution is -0.137. The fraction of sp³-hybridized carbons (Fsp3) is 0.409. The van der Waals surface area contributed by atoms with Crippen LogP contribution in [0.5, 0.6) is 0 Å². The smallest absolute Gasteiger partial charge is 0.330 e. The summed E-state index contributed by atoms with van der Waals surface area (Å²) in [6.07, 6.45) is 7.41. The Hall–Kier alpha value is -2.73. The Kier molecular flexibility index (Phi) is 6.76. The fourth-order valence-electron chi connectivity index (χ4n) is 3.37. The van der Waals surface area contributed by atoms with Gasteiger partial charge in [-0.05, 0) is 50.0 Å². The Labute approximate surface area is 166 Å². The van der Waals surface area contributed by atoms with Crippen LogP contribution in [0.4, 0.5) is 5.82 Å². The first kappa shape index (κ1) is 20.0. The van der Waals surface area contributed by atoms with Gasteiger partial charge >= 0.3 is 5.97 Å². The van der Waals surface area contributed by atoms with E-state index in [1.165, 1.54) is 22.8 Å². The largest absolute Gasteiger partial charge is 0.463 e. The minimum absolute atomic E-state index is 0.361. The van der Waals surface area contributed by atoms with Crippen LogP contribution in [0.15, 0.2) is 36.7 Å². The molecule has 6 heteroatoms. The lowest BCUT2D eigenvalue weighted by atomic mass is 10.0. The van der Waals surface area contributed by atoms with E-state index in [0.717, 1.165) is 31.9 Å². The molecule has 2 heterocycles. The standard InChI is InChI=1S/C22H28N4O2/c1-4-28-22(27)9-8-19-12-24-21(13-23-19)25-20-10-11-26(15-20)14-18-7-5-6-16(2)17(18)3/h5-9,12-13,20H,4,10-11,14-15H2,1-3H3,(H,24,25)/t20-/m1/s1. The van der Waals surface area contributed by atoms with E-state index in [1.807, 2.05) is 0 Å². The van der Waals surface area contributed by atoms with Gasteiger partial charge in [0.15, 0.2) is 0 Å². The molecule has 0 aliphatic carbocycles. The molecule has 0 unspecified atom stereocenters. The first-order valence-corrected chi connectivity index (χ1v) is 9.76. The number of benzene rings is 1. The number of aromatic nitrogens is 2. The van der Waals surface area contributed by atoms with Crippen LogP contribution in [0, 0.1) is 13.8 Å². The summed E-state index contributed by atoms with van der Waals surface area (Å²) in [5.74, 6) is 0.383. The number of carbonyl (C=O) groups excluding carboxylic acids is 1. The predicted octanol–water partition coefficient (Wildman–Crippen LogP) is 3.36. The van der Waals surface area contributed by atoms with Gasteiger partial charge in [0.25, 0.3) is 0 Å². The lowest BCUT2D eigenvalue weighted by Gasteiger charge is -2.19. The molecule has 0 bridgehead atoms. The quantitative estimate of drug-likeness (QED) is 0.587. The molecule has 3 rings (SSSR count). The molecule has 148 valence electrons. The number of carbonyl (C=O) groups is 1. The third kappa shape index (κ3) is 5.39. The highest BCUT2D eigenvalue weighted by molar-refractivity contribution is 5.86. The molecule has 0 saturated carbocycles. The molecule has 1 saturated heterocycles. The van der Waals surface area contributed by atoms with Crippen molar-refractivity contribution >= 4 is 17.9 Å². The van der Waals surface area contributed by atoms with Crippen molar-refractivity contribution in [3.8, 4) is 0 Å². The molecule has 2 aromatic rings. The minimum Gasteiger partial charge on any atom is -0.463 e. The van der Waals surface area contributed by atoms with Crippen LogP contribution < -0.4 is 5.32 Å². The Morgan fingerprint density at radius 3 is 2.93 bits per heavy atom. The lowest BCUT2D eigenvalue weighted by Crippen LogP contribution is -2.26. The highest BCUT2D eigenvalue weighted by atomic mass is 16.5. The fourth-order valence-corrected chi connectivity index (χ4v) is 3.37. The average Bonchev–Trinajstić information content (AvgIpc) is 3.12. The normalized spacial score (nSPS) is 17.2. The molecule has 28 heavy (non-hydrogen) atoms. The molecule has 6 nitrogen and oxygen atoms in total. The third-order valence-electron chi connectivity index (χ3n) is 5.08. The van der Waals surface area contributed by atoms with Crippen molar-refractivity contribution in [2.24, 2.45) is 0 Å². The van der Waals surface area contributed by atoms with Crippen LogP contribution in [0.2, 0.25) is 0 Å². The van der Waals surface area contributed by atoms with Crippen molar-refractivity contribution in [2.45, 2.75) is 39.8 Å². The number of nitrogens with one attached hydrogen (secondary N) is 1. The van der Waals surface area contributed by atoms with Crippen LogP contribution >= 0.6 is 0 Å². The van der Waals surface area contributed by atoms with Crippen LogP contribution in [-0.2, 0) is 16.1 Å². The number of aryl methyl sites for hydroxylation is 1. The van der Waals surface area contributed by atoms with Crippen molar-refractivity contribution in [3.05, 3.63) is 59.1 Å². The van der Waals surface area contributed by atoms with Crippen molar-refractivity contribution in [3.63, 3.8) is 0 Å². The van der Waals surface area contributed by atoms with Gasteiger partial charge < -0.3 is 10.1 Å². The highest BCUT2D eigenvalue weighted by Gasteiger charge is 2.23. The number of ether oxygens (including phenoxy) is 1. The molecular weight excluding hydrogens is 352 g/mol. The molecule has 1 aliphatic rings. The van der Waals surface area contributed by atoms with Crippen molar-refractivity contribution < 1.29 is 9.53 Å². The van der Waals surface area contributed by atoms with Gasteiger partial charge in [-0.1, -0.05) is 18.2 Å². The van der Waals surface area contributed by atoms with Gasteiger partial charge in [-0.25, -0.2) is 9.78 Å². The molecule has 1 aromatic heterocycles. The minimum atomic E-state index is -0.374. The van der Waals surface area contributed by atoms with Gasteiger partial charge in [-0.2, -0.15) is 0 Å². The van der Waals surface area contributed by atoms with Crippen molar-refractivity contribution in [1.29, 1.82) is 0 Å². The number of hydrogen-bond donors (Lipinski definition) is 1. The van der Waals surface area contributed by atoms with Gasteiger partial charge in [0.1, 0.15) is 5.82 Å². The zero-order chi connectivity index (χ0) is 19.9. The van der Waals surface area contributed by atoms with Crippen molar-refractivity contribution in [1.82, 2.24) is 14.9 Å². The summed E-state index contributed by atoms with van der Waals surface area (Å²) < 4.78 is 4.85. The first-order chi connectivity index (χ1) is 13.5. The molecule has 1 N–H and O–H groups in total. The molecular formula is C22H28N4O2. The van der Waals surface area contributed by atoms with Crippen LogP contribution in [0.25, 0.3) is 6.08 Å². The summed E-state index contributed by atoms with van der Waals surface area (Å²) in [6, 6.07) is 6.88. The second kappa shape index (κ2) is 9.46. The third-order valence-corrected chi connectivity index (χ3v) is 5.08. The number of rotatable bonds is 7. The molecule has 0 radical (unpaired) electrons. The molecule has 1 fully saturated rings. The summed E-state index contributed by atoms with van der Waals surface area (Å²) in [6.45, 7) is 9.53. The highest BCUT2D eigenvalue weighted by Crippen LogP contribution is 2.20. The average molecular weight is 380 g/mol. The topological polar surface area (TPSA) is 67.3 Å². The number of likely N-dealkylation sites (tertiary alicyclic amines) is 1. The van der Waals surface area contributed by atoms with Gasteiger partial charge in [0.05, 0.1) is 24.7 Å². The first-order valence-electron chi connectivity index (χ1n) is 9.76. The zero-order valence-corrected chi connectivity index (χ0v) is 16.8. The monoisotopic (exact) mass is 380 g/mol. The van der Waals surface area contributed by atoms with E-state index in [4.69, 9.17) is 4.74 Å². The number of anilines is 1. The molecule has 0 spiro atoms. The summed E-state index contributed by atoms with van der Waals surface area (Å²) in [4.78, 5) is 22.5. The van der Waals surface area contributed by atoms with Gasteiger partial charge in [-0.3, -0.25) is 9.88 Å². The van der Waals surface area contributed by atoms with Gasteiger partial charge in [0.2, 0.25) is 0 Å². The second-order valence-electron chi connectivity index (χ2n) is 7.14. The predicted molar refractivity (Wildman–Crippen MR) is 111 cm³/mol.